The Labute approximate surface area is 191 Å². The predicted octanol–water partition coefficient (Wildman–Crippen LogP) is 5.14. The number of aromatic carboxylic acids is 1. The minimum atomic E-state index is -4.31. The number of nitrogens with zero attached hydrogens (tertiary/aromatic N) is 1. The predicted molar refractivity (Wildman–Crippen MR) is 128 cm³/mol. The Morgan fingerprint density at radius 2 is 1.61 bits per heavy atom. The topological polar surface area (TPSA) is 110 Å². The van der Waals surface area contributed by atoms with E-state index in [1.165, 1.54) is 6.07 Å². The van der Waals surface area contributed by atoms with Crippen molar-refractivity contribution in [3.63, 3.8) is 0 Å². The zero-order valence-electron chi connectivity index (χ0n) is 17.8. The number of fused-ring (bicyclic) bond motifs is 1. The van der Waals surface area contributed by atoms with Gasteiger partial charge in [-0.05, 0) is 54.1 Å². The second-order valence-corrected chi connectivity index (χ2v) is 8.89. The summed E-state index contributed by atoms with van der Waals surface area (Å²) in [6.45, 7) is 2.29. The molecule has 168 valence electrons. The summed E-state index contributed by atoms with van der Waals surface area (Å²) in [6.07, 6.45) is 0. The van der Waals surface area contributed by atoms with Gasteiger partial charge in [0.15, 0.2) is 5.75 Å². The number of nitrogens with two attached hydrogens (primary N) is 1. The van der Waals surface area contributed by atoms with Crippen LogP contribution in [-0.4, -0.2) is 26.0 Å². The first kappa shape index (κ1) is 22.3. The van der Waals surface area contributed by atoms with Crippen LogP contribution in [0.2, 0.25) is 0 Å². The van der Waals surface area contributed by atoms with Gasteiger partial charge in [-0.1, -0.05) is 48.5 Å². The maximum Gasteiger partial charge on any atom is 0.335 e. The summed E-state index contributed by atoms with van der Waals surface area (Å²) in [5.41, 5.74) is 0.811. The number of primary sulfonamides is 1. The van der Waals surface area contributed by atoms with Crippen molar-refractivity contribution < 1.29 is 23.1 Å². The van der Waals surface area contributed by atoms with Crippen molar-refractivity contribution in [3.8, 4) is 11.5 Å². The lowest BCUT2D eigenvalue weighted by atomic mass is 10.1. The zero-order valence-corrected chi connectivity index (χ0v) is 18.6. The number of rotatable bonds is 7. The lowest BCUT2D eigenvalue weighted by Gasteiger charge is -2.27. The number of sulfonamides is 1. The summed E-state index contributed by atoms with van der Waals surface area (Å²) in [5, 5.41) is 17.2. The molecule has 0 saturated heterocycles. The molecule has 4 rings (SSSR count). The van der Waals surface area contributed by atoms with Crippen LogP contribution in [0.5, 0.6) is 11.5 Å². The van der Waals surface area contributed by atoms with E-state index in [2.05, 4.69) is 0 Å². The van der Waals surface area contributed by atoms with Crippen molar-refractivity contribution in [2.24, 2.45) is 5.14 Å². The largest absolute Gasteiger partial charge is 0.478 e. The summed E-state index contributed by atoms with van der Waals surface area (Å²) in [5.74, 6) is -0.924. The zero-order chi connectivity index (χ0) is 23.6. The fourth-order valence-electron chi connectivity index (χ4n) is 3.67. The van der Waals surface area contributed by atoms with Crippen molar-refractivity contribution in [1.82, 2.24) is 0 Å². The standard InChI is InChI=1S/C25H22N2O5S/c1-2-27(20-13-12-17-8-6-7-9-18(17)14-20)22-15-19(25(28)29)16-23(33(26,30)31)24(22)32-21-10-4-3-5-11-21/h3-16H,2H2,1H3,(H,28,29)(H2,26,30,31). The molecule has 0 spiro atoms. The Balaban J connectivity index is 1.98. The van der Waals surface area contributed by atoms with Crippen LogP contribution in [0.25, 0.3) is 10.8 Å². The lowest BCUT2D eigenvalue weighted by molar-refractivity contribution is 0.0696. The highest BCUT2D eigenvalue weighted by Gasteiger charge is 2.26. The van der Waals surface area contributed by atoms with Crippen LogP contribution < -0.4 is 14.8 Å². The Morgan fingerprint density at radius 3 is 2.24 bits per heavy atom. The van der Waals surface area contributed by atoms with Gasteiger partial charge in [-0.2, -0.15) is 0 Å². The van der Waals surface area contributed by atoms with Crippen molar-refractivity contribution >= 4 is 38.1 Å². The van der Waals surface area contributed by atoms with Gasteiger partial charge in [-0.15, -0.1) is 0 Å². The van der Waals surface area contributed by atoms with Crippen LogP contribution >= 0.6 is 0 Å². The van der Waals surface area contributed by atoms with Crippen LogP contribution in [0.4, 0.5) is 11.4 Å². The van der Waals surface area contributed by atoms with E-state index in [0.29, 0.717) is 12.3 Å². The summed E-state index contributed by atoms with van der Waals surface area (Å²) in [4.78, 5) is 13.2. The number of benzene rings is 4. The molecule has 0 atom stereocenters. The molecule has 0 saturated carbocycles. The first-order valence-corrected chi connectivity index (χ1v) is 11.8. The van der Waals surface area contributed by atoms with E-state index in [4.69, 9.17) is 9.88 Å². The Hall–Kier alpha value is -3.88. The average molecular weight is 463 g/mol. The number of hydrogen-bond donors (Lipinski definition) is 2. The Morgan fingerprint density at radius 1 is 0.939 bits per heavy atom. The van der Waals surface area contributed by atoms with Gasteiger partial charge in [0, 0.05) is 12.2 Å². The van der Waals surface area contributed by atoms with Gasteiger partial charge in [-0.3, -0.25) is 0 Å². The molecule has 0 amide bonds. The van der Waals surface area contributed by atoms with Crippen LogP contribution in [0, 0.1) is 0 Å². The molecule has 0 unspecified atom stereocenters. The van der Waals surface area contributed by atoms with Crippen LogP contribution in [0.1, 0.15) is 17.3 Å². The van der Waals surface area contributed by atoms with E-state index in [9.17, 15) is 18.3 Å². The number of para-hydroxylation sites is 1. The minimum absolute atomic E-state index is 0.0382. The molecule has 0 heterocycles. The maximum atomic E-state index is 12.5. The van der Waals surface area contributed by atoms with E-state index >= 15 is 0 Å². The second-order valence-electron chi connectivity index (χ2n) is 7.36. The molecule has 4 aromatic rings. The highest BCUT2D eigenvalue weighted by molar-refractivity contribution is 7.89. The number of carboxylic acids is 1. The summed E-state index contributed by atoms with van der Waals surface area (Å²) < 4.78 is 31.0. The monoisotopic (exact) mass is 462 g/mol. The smallest absolute Gasteiger partial charge is 0.335 e. The number of carboxylic acid groups (broad SMARTS) is 1. The van der Waals surface area contributed by atoms with Gasteiger partial charge < -0.3 is 14.7 Å². The normalized spacial score (nSPS) is 11.3. The van der Waals surface area contributed by atoms with E-state index < -0.39 is 20.9 Å². The summed E-state index contributed by atoms with van der Waals surface area (Å²) in [6, 6.07) is 24.7. The molecular formula is C25H22N2O5S. The third-order valence-electron chi connectivity index (χ3n) is 5.20. The third-order valence-corrected chi connectivity index (χ3v) is 6.12. The first-order chi connectivity index (χ1) is 15.8. The van der Waals surface area contributed by atoms with Crippen LogP contribution in [0.3, 0.4) is 0 Å². The molecule has 0 aliphatic heterocycles. The third kappa shape index (κ3) is 4.67. The first-order valence-electron chi connectivity index (χ1n) is 10.2. The molecule has 0 fully saturated rings. The van der Waals surface area contributed by atoms with E-state index in [-0.39, 0.29) is 17.0 Å². The van der Waals surface area contributed by atoms with Gasteiger partial charge in [0.05, 0.1) is 11.3 Å². The summed E-state index contributed by atoms with van der Waals surface area (Å²) >= 11 is 0. The van der Waals surface area contributed by atoms with Gasteiger partial charge >= 0.3 is 5.97 Å². The number of hydrogen-bond acceptors (Lipinski definition) is 5. The van der Waals surface area contributed by atoms with Crippen molar-refractivity contribution in [2.75, 3.05) is 11.4 Å². The van der Waals surface area contributed by atoms with E-state index in [0.717, 1.165) is 22.5 Å². The molecule has 0 aliphatic rings. The second kappa shape index (κ2) is 8.93. The summed E-state index contributed by atoms with van der Waals surface area (Å²) in [7, 11) is -4.31. The highest BCUT2D eigenvalue weighted by Crippen LogP contribution is 2.42. The van der Waals surface area contributed by atoms with Gasteiger partial charge in [0.1, 0.15) is 10.6 Å². The molecular weight excluding hydrogens is 440 g/mol. The molecule has 4 aromatic carbocycles. The molecule has 0 bridgehead atoms. The molecule has 0 aliphatic carbocycles. The molecule has 8 heteroatoms. The Kier molecular flexibility index (Phi) is 6.04. The van der Waals surface area contributed by atoms with Gasteiger partial charge in [-0.25, -0.2) is 18.4 Å². The number of anilines is 2. The minimum Gasteiger partial charge on any atom is -0.478 e. The number of ether oxygens (including phenoxy) is 1. The quantitative estimate of drug-likeness (QED) is 0.394. The maximum absolute atomic E-state index is 12.5. The van der Waals surface area contributed by atoms with Gasteiger partial charge in [0.2, 0.25) is 10.0 Å². The van der Waals surface area contributed by atoms with Crippen LogP contribution in [-0.2, 0) is 10.0 Å². The Bertz CT molecular complexity index is 1440. The molecule has 0 radical (unpaired) electrons. The fourth-order valence-corrected chi connectivity index (χ4v) is 4.36. The van der Waals surface area contributed by atoms with Crippen LogP contribution in [0.15, 0.2) is 89.8 Å². The number of carbonyl (C=O) groups is 1. The van der Waals surface area contributed by atoms with E-state index in [1.807, 2.05) is 49.4 Å². The van der Waals surface area contributed by atoms with Gasteiger partial charge in [0.25, 0.3) is 0 Å². The van der Waals surface area contributed by atoms with Crippen molar-refractivity contribution in [1.29, 1.82) is 0 Å². The molecule has 7 nitrogen and oxygen atoms in total. The van der Waals surface area contributed by atoms with E-state index in [1.54, 1.807) is 35.2 Å². The molecule has 33 heavy (non-hydrogen) atoms. The molecule has 0 aromatic heterocycles. The molecule has 3 N–H and O–H groups in total. The highest BCUT2D eigenvalue weighted by atomic mass is 32.2. The average Bonchev–Trinajstić information content (AvgIpc) is 2.80. The SMILES string of the molecule is CCN(c1ccc2ccccc2c1)c1cc(C(=O)O)cc(S(N)(=O)=O)c1Oc1ccccc1. The lowest BCUT2D eigenvalue weighted by Crippen LogP contribution is -2.21. The van der Waals surface area contributed by atoms with Crippen molar-refractivity contribution in [2.45, 2.75) is 11.8 Å². The van der Waals surface area contributed by atoms with Crippen molar-refractivity contribution in [3.05, 3.63) is 90.5 Å². The fraction of sp³-hybridized carbons (Fsp3) is 0.0800.